The van der Waals surface area contributed by atoms with E-state index in [2.05, 4.69) is 36.3 Å². The Morgan fingerprint density at radius 2 is 1.85 bits per heavy atom. The van der Waals surface area contributed by atoms with Crippen molar-refractivity contribution in [3.05, 3.63) is 35.4 Å². The lowest BCUT2D eigenvalue weighted by molar-refractivity contribution is 0.00867. The van der Waals surface area contributed by atoms with Gasteiger partial charge in [-0.05, 0) is 25.3 Å². The van der Waals surface area contributed by atoms with E-state index < -0.39 is 6.10 Å². The fourth-order valence-electron chi connectivity index (χ4n) is 3.28. The van der Waals surface area contributed by atoms with Crippen LogP contribution in [-0.4, -0.2) is 67.9 Å². The quantitative estimate of drug-likeness (QED) is 0.478. The van der Waals surface area contributed by atoms with E-state index in [0.717, 1.165) is 50.9 Å². The number of guanidine groups is 1. The van der Waals surface area contributed by atoms with Crippen LogP contribution in [0.4, 0.5) is 0 Å². The zero-order valence-electron chi connectivity index (χ0n) is 17.2. The molecule has 0 saturated carbocycles. The van der Waals surface area contributed by atoms with Crippen molar-refractivity contribution in [2.75, 3.05) is 45.9 Å². The van der Waals surface area contributed by atoms with Crippen LogP contribution in [0, 0.1) is 12.8 Å². The number of aliphatic hydroxyl groups is 1. The van der Waals surface area contributed by atoms with Gasteiger partial charge in [0.05, 0.1) is 25.9 Å². The Kier molecular flexibility index (Phi) is 9.04. The molecule has 152 valence electrons. The summed E-state index contributed by atoms with van der Waals surface area (Å²) in [6, 6.07) is 8.38. The Morgan fingerprint density at radius 1 is 1.19 bits per heavy atom. The van der Waals surface area contributed by atoms with Gasteiger partial charge in [0.25, 0.3) is 0 Å². The highest BCUT2D eigenvalue weighted by Crippen LogP contribution is 2.14. The van der Waals surface area contributed by atoms with Crippen LogP contribution in [0.5, 0.6) is 0 Å². The number of morpholine rings is 1. The van der Waals surface area contributed by atoms with Crippen molar-refractivity contribution in [2.45, 2.75) is 39.8 Å². The molecule has 1 aromatic rings. The van der Waals surface area contributed by atoms with E-state index in [1.807, 2.05) is 31.2 Å². The van der Waals surface area contributed by atoms with Crippen LogP contribution in [0.3, 0.4) is 0 Å². The number of aliphatic hydroxyl groups excluding tert-OH is 1. The molecule has 3 N–H and O–H groups in total. The summed E-state index contributed by atoms with van der Waals surface area (Å²) in [6.45, 7) is 14.1. The van der Waals surface area contributed by atoms with Gasteiger partial charge in [-0.25, -0.2) is 0 Å². The molecule has 1 aromatic carbocycles. The monoisotopic (exact) mass is 376 g/mol. The minimum absolute atomic E-state index is 0.395. The van der Waals surface area contributed by atoms with Gasteiger partial charge in [0.1, 0.15) is 0 Å². The number of hydrogen-bond donors (Lipinski definition) is 3. The summed E-state index contributed by atoms with van der Waals surface area (Å²) in [4.78, 5) is 7.27. The SMILES string of the molecule is CCNC(=NCC(C(C)C)N1CCOCC1)NCC(O)c1ccc(C)cc1. The lowest BCUT2D eigenvalue weighted by Crippen LogP contribution is -2.48. The third-order valence-electron chi connectivity index (χ3n) is 4.99. The highest BCUT2D eigenvalue weighted by Gasteiger charge is 2.23. The number of rotatable bonds is 8. The minimum atomic E-state index is -0.561. The molecule has 1 heterocycles. The normalized spacial score (nSPS) is 18.4. The molecular weight excluding hydrogens is 340 g/mol. The largest absolute Gasteiger partial charge is 0.387 e. The van der Waals surface area contributed by atoms with Gasteiger partial charge in [-0.2, -0.15) is 0 Å². The molecule has 2 rings (SSSR count). The number of aryl methyl sites for hydroxylation is 1. The van der Waals surface area contributed by atoms with E-state index >= 15 is 0 Å². The molecule has 6 nitrogen and oxygen atoms in total. The van der Waals surface area contributed by atoms with Crippen LogP contribution in [0.1, 0.15) is 38.0 Å². The van der Waals surface area contributed by atoms with Crippen LogP contribution in [0.2, 0.25) is 0 Å². The summed E-state index contributed by atoms with van der Waals surface area (Å²) in [5.41, 5.74) is 2.11. The molecule has 27 heavy (non-hydrogen) atoms. The second kappa shape index (κ2) is 11.3. The van der Waals surface area contributed by atoms with Gasteiger partial charge in [0.2, 0.25) is 0 Å². The number of benzene rings is 1. The van der Waals surface area contributed by atoms with Crippen LogP contribution in [0.25, 0.3) is 0 Å². The number of hydrogen-bond acceptors (Lipinski definition) is 4. The third kappa shape index (κ3) is 7.13. The van der Waals surface area contributed by atoms with E-state index in [0.29, 0.717) is 18.5 Å². The van der Waals surface area contributed by atoms with E-state index in [4.69, 9.17) is 9.73 Å². The molecule has 0 radical (unpaired) electrons. The Balaban J connectivity index is 1.94. The average molecular weight is 377 g/mol. The lowest BCUT2D eigenvalue weighted by atomic mass is 10.0. The number of ether oxygens (including phenoxy) is 1. The van der Waals surface area contributed by atoms with E-state index in [1.54, 1.807) is 0 Å². The molecule has 0 aliphatic carbocycles. The summed E-state index contributed by atoms with van der Waals surface area (Å²) >= 11 is 0. The lowest BCUT2D eigenvalue weighted by Gasteiger charge is -2.36. The van der Waals surface area contributed by atoms with Crippen LogP contribution < -0.4 is 10.6 Å². The van der Waals surface area contributed by atoms with Crippen molar-refractivity contribution >= 4 is 5.96 Å². The molecular formula is C21H36N4O2. The van der Waals surface area contributed by atoms with Crippen molar-refractivity contribution in [1.82, 2.24) is 15.5 Å². The zero-order chi connectivity index (χ0) is 19.6. The first-order chi connectivity index (χ1) is 13.0. The predicted molar refractivity (Wildman–Crippen MR) is 111 cm³/mol. The molecule has 1 saturated heterocycles. The molecule has 2 atom stereocenters. The fourth-order valence-corrected chi connectivity index (χ4v) is 3.28. The highest BCUT2D eigenvalue weighted by molar-refractivity contribution is 5.79. The smallest absolute Gasteiger partial charge is 0.191 e. The third-order valence-corrected chi connectivity index (χ3v) is 4.99. The number of aliphatic imine (C=N–C) groups is 1. The molecule has 1 aliphatic rings. The van der Waals surface area contributed by atoms with Crippen LogP contribution in [0.15, 0.2) is 29.3 Å². The maximum atomic E-state index is 10.4. The Bertz CT molecular complexity index is 568. The molecule has 0 aromatic heterocycles. The topological polar surface area (TPSA) is 69.1 Å². The van der Waals surface area contributed by atoms with Crippen molar-refractivity contribution in [2.24, 2.45) is 10.9 Å². The Labute approximate surface area is 164 Å². The summed E-state index contributed by atoms with van der Waals surface area (Å²) in [7, 11) is 0. The Morgan fingerprint density at radius 3 is 2.44 bits per heavy atom. The van der Waals surface area contributed by atoms with Gasteiger partial charge in [0.15, 0.2) is 5.96 Å². The zero-order valence-corrected chi connectivity index (χ0v) is 17.2. The van der Waals surface area contributed by atoms with Crippen molar-refractivity contribution in [3.8, 4) is 0 Å². The van der Waals surface area contributed by atoms with Gasteiger partial charge < -0.3 is 20.5 Å². The first-order valence-electron chi connectivity index (χ1n) is 10.1. The molecule has 1 fully saturated rings. The van der Waals surface area contributed by atoms with Crippen molar-refractivity contribution in [1.29, 1.82) is 0 Å². The molecule has 6 heteroatoms. The molecule has 1 aliphatic heterocycles. The maximum Gasteiger partial charge on any atom is 0.191 e. The van der Waals surface area contributed by atoms with Gasteiger partial charge in [0, 0.05) is 32.2 Å². The molecule has 0 bridgehead atoms. The van der Waals surface area contributed by atoms with E-state index in [-0.39, 0.29) is 0 Å². The van der Waals surface area contributed by atoms with Gasteiger partial charge in [-0.15, -0.1) is 0 Å². The standard InChI is InChI=1S/C21H36N4O2/c1-5-22-21(24-15-20(26)18-8-6-17(4)7-9-18)23-14-19(16(2)3)25-10-12-27-13-11-25/h6-9,16,19-20,26H,5,10-15H2,1-4H3,(H2,22,23,24). The summed E-state index contributed by atoms with van der Waals surface area (Å²) in [6.07, 6.45) is -0.561. The summed E-state index contributed by atoms with van der Waals surface area (Å²) in [5.74, 6) is 1.27. The predicted octanol–water partition coefficient (Wildman–Crippen LogP) is 1.94. The van der Waals surface area contributed by atoms with Crippen molar-refractivity contribution < 1.29 is 9.84 Å². The second-order valence-electron chi connectivity index (χ2n) is 7.49. The molecule has 0 spiro atoms. The summed E-state index contributed by atoms with van der Waals surface area (Å²) in [5, 5.41) is 17.0. The Hall–Kier alpha value is -1.63. The molecule has 0 amide bonds. The summed E-state index contributed by atoms with van der Waals surface area (Å²) < 4.78 is 5.48. The minimum Gasteiger partial charge on any atom is -0.387 e. The highest BCUT2D eigenvalue weighted by atomic mass is 16.5. The first kappa shape index (κ1) is 21.7. The maximum absolute atomic E-state index is 10.4. The number of nitrogens with one attached hydrogen (secondary N) is 2. The van der Waals surface area contributed by atoms with Gasteiger partial charge >= 0.3 is 0 Å². The second-order valence-corrected chi connectivity index (χ2v) is 7.49. The first-order valence-corrected chi connectivity index (χ1v) is 10.1. The van der Waals surface area contributed by atoms with Gasteiger partial charge in [-0.3, -0.25) is 9.89 Å². The number of nitrogens with zero attached hydrogens (tertiary/aromatic N) is 2. The van der Waals surface area contributed by atoms with E-state index in [9.17, 15) is 5.11 Å². The van der Waals surface area contributed by atoms with Crippen LogP contribution in [-0.2, 0) is 4.74 Å². The fraction of sp³-hybridized carbons (Fsp3) is 0.667. The van der Waals surface area contributed by atoms with Crippen LogP contribution >= 0.6 is 0 Å². The van der Waals surface area contributed by atoms with Crippen molar-refractivity contribution in [3.63, 3.8) is 0 Å². The average Bonchev–Trinajstić information content (AvgIpc) is 2.67. The van der Waals surface area contributed by atoms with Gasteiger partial charge in [-0.1, -0.05) is 43.7 Å². The molecule has 2 unspecified atom stereocenters. The van der Waals surface area contributed by atoms with E-state index in [1.165, 1.54) is 5.56 Å².